The zero-order valence-electron chi connectivity index (χ0n) is 12.9. The maximum absolute atomic E-state index is 11.8. The number of ether oxygens (including phenoxy) is 1. The number of furan rings is 1. The van der Waals surface area contributed by atoms with Gasteiger partial charge in [-0.2, -0.15) is 0 Å². The van der Waals surface area contributed by atoms with E-state index in [1.165, 1.54) is 17.4 Å². The number of carbonyl (C=O) groups is 2. The number of hydrogen-bond donors (Lipinski definition) is 1. The number of Topliss-reactive ketones (excluding diaryl/α,β-unsaturated/α-hetero) is 1. The van der Waals surface area contributed by atoms with E-state index in [4.69, 9.17) is 9.15 Å². The zero-order valence-corrected chi connectivity index (χ0v) is 13.8. The second kappa shape index (κ2) is 7.14. The Morgan fingerprint density at radius 3 is 2.92 bits per heavy atom. The highest BCUT2D eigenvalue weighted by molar-refractivity contribution is 7.12. The van der Waals surface area contributed by atoms with E-state index in [9.17, 15) is 9.59 Å². The molecular formula is C18H15NO4S. The van der Waals surface area contributed by atoms with Crippen LogP contribution in [0.3, 0.4) is 0 Å². The number of fused-ring (bicyclic) bond motifs is 1. The summed E-state index contributed by atoms with van der Waals surface area (Å²) in [6, 6.07) is 10.8. The third-order valence-corrected chi connectivity index (χ3v) is 4.27. The second-order valence-corrected chi connectivity index (χ2v) is 5.95. The molecule has 5 nitrogen and oxygen atoms in total. The van der Waals surface area contributed by atoms with Gasteiger partial charge in [0, 0.05) is 11.5 Å². The molecule has 1 amide bonds. The highest BCUT2D eigenvalue weighted by Crippen LogP contribution is 2.24. The predicted molar refractivity (Wildman–Crippen MR) is 93.5 cm³/mol. The summed E-state index contributed by atoms with van der Waals surface area (Å²) in [6.07, 6.45) is 2.91. The molecule has 0 saturated carbocycles. The number of hydrogen-bond acceptors (Lipinski definition) is 5. The Kier molecular flexibility index (Phi) is 4.77. The second-order valence-electron chi connectivity index (χ2n) is 5.00. The highest BCUT2D eigenvalue weighted by Gasteiger charge is 2.08. The molecule has 0 bridgehead atoms. The molecule has 6 heteroatoms. The van der Waals surface area contributed by atoms with Crippen LogP contribution in [0.25, 0.3) is 17.0 Å². The van der Waals surface area contributed by atoms with E-state index in [2.05, 4.69) is 5.32 Å². The van der Waals surface area contributed by atoms with Crippen molar-refractivity contribution >= 4 is 40.1 Å². The van der Waals surface area contributed by atoms with Crippen molar-refractivity contribution in [2.24, 2.45) is 0 Å². The molecule has 2 heterocycles. The number of rotatable bonds is 6. The van der Waals surface area contributed by atoms with Gasteiger partial charge in [-0.05, 0) is 41.8 Å². The number of carbonyl (C=O) groups excluding carboxylic acids is 2. The van der Waals surface area contributed by atoms with E-state index in [0.717, 1.165) is 11.1 Å². The number of thiophene rings is 1. The van der Waals surface area contributed by atoms with Gasteiger partial charge in [-0.15, -0.1) is 11.3 Å². The van der Waals surface area contributed by atoms with Crippen LogP contribution < -0.4 is 10.1 Å². The Labute approximate surface area is 142 Å². The van der Waals surface area contributed by atoms with Gasteiger partial charge < -0.3 is 14.5 Å². The van der Waals surface area contributed by atoms with Crippen molar-refractivity contribution in [1.82, 2.24) is 5.32 Å². The Bertz CT molecular complexity index is 893. The first-order valence-electron chi connectivity index (χ1n) is 7.26. The molecule has 0 fully saturated rings. The van der Waals surface area contributed by atoms with Gasteiger partial charge in [0.25, 0.3) is 0 Å². The molecule has 122 valence electrons. The maximum Gasteiger partial charge on any atom is 0.244 e. The molecule has 24 heavy (non-hydrogen) atoms. The molecule has 2 aromatic heterocycles. The summed E-state index contributed by atoms with van der Waals surface area (Å²) in [5, 5.41) is 5.28. The van der Waals surface area contributed by atoms with Crippen LogP contribution in [-0.4, -0.2) is 25.3 Å². The third kappa shape index (κ3) is 3.72. The van der Waals surface area contributed by atoms with Crippen molar-refractivity contribution in [2.75, 3.05) is 13.7 Å². The summed E-state index contributed by atoms with van der Waals surface area (Å²) in [4.78, 5) is 24.2. The molecule has 1 aromatic carbocycles. The lowest BCUT2D eigenvalue weighted by atomic mass is 10.2. The van der Waals surface area contributed by atoms with E-state index in [0.29, 0.717) is 16.2 Å². The van der Waals surface area contributed by atoms with E-state index < -0.39 is 0 Å². The van der Waals surface area contributed by atoms with Crippen LogP contribution in [0.2, 0.25) is 0 Å². The molecule has 3 aromatic rings. The van der Waals surface area contributed by atoms with Crippen LogP contribution in [0.15, 0.2) is 52.3 Å². The van der Waals surface area contributed by atoms with Crippen molar-refractivity contribution in [3.63, 3.8) is 0 Å². The van der Waals surface area contributed by atoms with Gasteiger partial charge in [-0.25, -0.2) is 0 Å². The number of benzene rings is 1. The highest BCUT2D eigenvalue weighted by atomic mass is 32.1. The summed E-state index contributed by atoms with van der Waals surface area (Å²) < 4.78 is 10.8. The van der Waals surface area contributed by atoms with Gasteiger partial charge in [-0.1, -0.05) is 6.07 Å². The largest absolute Gasteiger partial charge is 0.497 e. The summed E-state index contributed by atoms with van der Waals surface area (Å²) in [5.41, 5.74) is 0.712. The summed E-state index contributed by atoms with van der Waals surface area (Å²) in [5.74, 6) is 0.835. The van der Waals surface area contributed by atoms with Gasteiger partial charge in [0.1, 0.15) is 17.1 Å². The average molecular weight is 341 g/mol. The minimum absolute atomic E-state index is 0.0268. The van der Waals surface area contributed by atoms with E-state index in [1.54, 1.807) is 25.3 Å². The molecule has 0 unspecified atom stereocenters. The average Bonchev–Trinajstić information content (AvgIpc) is 3.26. The lowest BCUT2D eigenvalue weighted by Gasteiger charge is -1.99. The number of ketones is 1. The van der Waals surface area contributed by atoms with Crippen LogP contribution in [0.1, 0.15) is 15.4 Å². The van der Waals surface area contributed by atoms with Gasteiger partial charge >= 0.3 is 0 Å². The first kappa shape index (κ1) is 16.0. The Morgan fingerprint density at radius 2 is 2.17 bits per heavy atom. The number of nitrogens with one attached hydrogen (secondary N) is 1. The fourth-order valence-electron chi connectivity index (χ4n) is 2.16. The van der Waals surface area contributed by atoms with Crippen LogP contribution in [0.4, 0.5) is 0 Å². The first-order chi connectivity index (χ1) is 11.7. The summed E-state index contributed by atoms with van der Waals surface area (Å²) >= 11 is 1.35. The molecule has 3 rings (SSSR count). The van der Waals surface area contributed by atoms with Gasteiger partial charge in [0.15, 0.2) is 5.78 Å². The van der Waals surface area contributed by atoms with E-state index in [1.807, 2.05) is 29.6 Å². The minimum Gasteiger partial charge on any atom is -0.497 e. The Morgan fingerprint density at radius 1 is 1.29 bits per heavy atom. The fraction of sp³-hybridized carbons (Fsp3) is 0.111. The molecule has 0 atom stereocenters. The fourth-order valence-corrected chi connectivity index (χ4v) is 2.82. The van der Waals surface area contributed by atoms with E-state index >= 15 is 0 Å². The number of amides is 1. The molecule has 1 N–H and O–H groups in total. The zero-order chi connectivity index (χ0) is 16.9. The van der Waals surface area contributed by atoms with Gasteiger partial charge in [0.05, 0.1) is 18.5 Å². The monoisotopic (exact) mass is 341 g/mol. The lowest BCUT2D eigenvalue weighted by molar-refractivity contribution is -0.116. The van der Waals surface area contributed by atoms with Gasteiger partial charge in [0.2, 0.25) is 5.91 Å². The van der Waals surface area contributed by atoms with Crippen LogP contribution >= 0.6 is 11.3 Å². The normalized spacial score (nSPS) is 11.0. The van der Waals surface area contributed by atoms with Crippen molar-refractivity contribution in [1.29, 1.82) is 0 Å². The lowest BCUT2D eigenvalue weighted by Crippen LogP contribution is -2.27. The molecule has 0 aliphatic rings. The molecule has 0 aliphatic heterocycles. The number of methoxy groups -OCH3 is 1. The summed E-state index contributed by atoms with van der Waals surface area (Å²) in [6.45, 7) is -0.0268. The van der Waals surface area contributed by atoms with Crippen molar-refractivity contribution in [2.45, 2.75) is 0 Å². The van der Waals surface area contributed by atoms with Crippen molar-refractivity contribution in [3.8, 4) is 5.75 Å². The SMILES string of the molecule is COc1ccc2oc(/C=C/C(=O)NCC(=O)c3cccs3)cc2c1. The third-order valence-electron chi connectivity index (χ3n) is 3.36. The van der Waals surface area contributed by atoms with Crippen LogP contribution in [-0.2, 0) is 4.79 Å². The first-order valence-corrected chi connectivity index (χ1v) is 8.14. The minimum atomic E-state index is -0.349. The Balaban J connectivity index is 1.60. The van der Waals surface area contributed by atoms with Gasteiger partial charge in [-0.3, -0.25) is 9.59 Å². The quantitative estimate of drug-likeness (QED) is 0.550. The smallest absolute Gasteiger partial charge is 0.244 e. The topological polar surface area (TPSA) is 68.5 Å². The van der Waals surface area contributed by atoms with E-state index in [-0.39, 0.29) is 18.2 Å². The predicted octanol–water partition coefficient (Wildman–Crippen LogP) is 3.52. The van der Waals surface area contributed by atoms with Crippen molar-refractivity contribution < 1.29 is 18.7 Å². The molecule has 0 saturated heterocycles. The Hall–Kier alpha value is -2.86. The standard InChI is InChI=1S/C18H15NO4S/c1-22-13-4-6-16-12(9-13)10-14(23-16)5-7-18(21)19-11-15(20)17-3-2-8-24-17/h2-10H,11H2,1H3,(H,19,21)/b7-5+. The molecular weight excluding hydrogens is 326 g/mol. The maximum atomic E-state index is 11.8. The molecule has 0 aliphatic carbocycles. The summed E-state index contributed by atoms with van der Waals surface area (Å²) in [7, 11) is 1.60. The van der Waals surface area contributed by atoms with Crippen molar-refractivity contribution in [3.05, 3.63) is 58.5 Å². The molecule has 0 spiro atoms. The van der Waals surface area contributed by atoms with Crippen LogP contribution in [0.5, 0.6) is 5.75 Å². The van der Waals surface area contributed by atoms with Crippen LogP contribution in [0, 0.1) is 0 Å². The molecule has 0 radical (unpaired) electrons.